The third kappa shape index (κ3) is 3.64. The highest BCUT2D eigenvalue weighted by molar-refractivity contribution is 9.10. The highest BCUT2D eigenvalue weighted by atomic mass is 79.9. The molecule has 0 fully saturated rings. The van der Waals surface area contributed by atoms with Gasteiger partial charge in [0, 0.05) is 23.5 Å². The lowest BCUT2D eigenvalue weighted by molar-refractivity contribution is -0.690. The van der Waals surface area contributed by atoms with E-state index in [2.05, 4.69) is 21.2 Å². The first-order valence-electron chi connectivity index (χ1n) is 6.07. The van der Waals surface area contributed by atoms with Crippen molar-refractivity contribution in [2.75, 3.05) is 5.32 Å². The Bertz CT molecular complexity index is 611. The number of aromatic nitrogens is 1. The molecule has 0 radical (unpaired) electrons. The summed E-state index contributed by atoms with van der Waals surface area (Å²) in [6.45, 7) is 4.31. The smallest absolute Gasteiger partial charge is 0.290 e. The lowest BCUT2D eigenvalue weighted by Gasteiger charge is -2.07. The summed E-state index contributed by atoms with van der Waals surface area (Å²) < 4.78 is 2.81. The molecule has 0 atom stereocenters. The van der Waals surface area contributed by atoms with Gasteiger partial charge in [0.05, 0.1) is 5.69 Å². The SMILES string of the molecule is Cc1ccc(NC(=O)C[n+]2ccccc2C)c(Br)c1. The zero-order chi connectivity index (χ0) is 13.8. The predicted octanol–water partition coefficient (Wildman–Crippen LogP) is 2.99. The Morgan fingerprint density at radius 2 is 2.05 bits per heavy atom. The van der Waals surface area contributed by atoms with Crippen LogP contribution in [0.4, 0.5) is 5.69 Å². The van der Waals surface area contributed by atoms with E-state index in [0.29, 0.717) is 6.54 Å². The van der Waals surface area contributed by atoms with E-state index in [1.165, 1.54) is 0 Å². The van der Waals surface area contributed by atoms with Gasteiger partial charge in [0.1, 0.15) is 0 Å². The van der Waals surface area contributed by atoms with Gasteiger partial charge in [0.15, 0.2) is 11.9 Å². The molecule has 0 spiro atoms. The molecule has 0 unspecified atom stereocenters. The molecule has 3 nitrogen and oxygen atoms in total. The number of hydrogen-bond donors (Lipinski definition) is 1. The Hall–Kier alpha value is -1.68. The number of rotatable bonds is 3. The molecule has 1 aromatic heterocycles. The molecule has 0 saturated carbocycles. The van der Waals surface area contributed by atoms with Gasteiger partial charge in [-0.05, 0) is 40.5 Å². The number of benzene rings is 1. The number of halogens is 1. The number of pyridine rings is 1. The molecule has 1 N–H and O–H groups in total. The minimum Gasteiger partial charge on any atom is -0.320 e. The first-order chi connectivity index (χ1) is 9.06. The number of hydrogen-bond acceptors (Lipinski definition) is 1. The Balaban J connectivity index is 2.08. The van der Waals surface area contributed by atoms with Gasteiger partial charge in [-0.3, -0.25) is 4.79 Å². The Labute approximate surface area is 121 Å². The fraction of sp³-hybridized carbons (Fsp3) is 0.200. The normalized spacial score (nSPS) is 10.3. The van der Waals surface area contributed by atoms with Crippen LogP contribution in [0, 0.1) is 13.8 Å². The molecule has 0 aliphatic rings. The number of anilines is 1. The molecular weight excluding hydrogens is 304 g/mol. The van der Waals surface area contributed by atoms with E-state index in [4.69, 9.17) is 0 Å². The molecule has 1 amide bonds. The molecule has 4 heteroatoms. The molecule has 98 valence electrons. The Kier molecular flexibility index (Phi) is 4.32. The summed E-state index contributed by atoms with van der Waals surface area (Å²) in [4.78, 5) is 12.0. The first kappa shape index (κ1) is 13.7. The number of aryl methyl sites for hydroxylation is 2. The quantitative estimate of drug-likeness (QED) is 0.867. The molecule has 1 heterocycles. The van der Waals surface area contributed by atoms with Crippen LogP contribution in [-0.2, 0) is 11.3 Å². The fourth-order valence-electron chi connectivity index (χ4n) is 1.81. The van der Waals surface area contributed by atoms with Crippen molar-refractivity contribution in [1.29, 1.82) is 0 Å². The molecular formula is C15H16BrN2O+. The van der Waals surface area contributed by atoms with E-state index in [0.717, 1.165) is 21.4 Å². The third-order valence-electron chi connectivity index (χ3n) is 2.88. The second-order valence-corrected chi connectivity index (χ2v) is 5.36. The highest BCUT2D eigenvalue weighted by Gasteiger charge is 2.12. The van der Waals surface area contributed by atoms with E-state index >= 15 is 0 Å². The largest absolute Gasteiger partial charge is 0.320 e. The molecule has 2 aromatic rings. The number of nitrogens with one attached hydrogen (secondary N) is 1. The van der Waals surface area contributed by atoms with Gasteiger partial charge in [-0.1, -0.05) is 12.1 Å². The lowest BCUT2D eigenvalue weighted by Crippen LogP contribution is -2.42. The number of amides is 1. The average Bonchev–Trinajstić information content (AvgIpc) is 2.36. The van der Waals surface area contributed by atoms with Gasteiger partial charge in [-0.25, -0.2) is 0 Å². The Morgan fingerprint density at radius 3 is 2.74 bits per heavy atom. The molecule has 0 aliphatic heterocycles. The van der Waals surface area contributed by atoms with Crippen LogP contribution in [0.25, 0.3) is 0 Å². The Morgan fingerprint density at radius 1 is 1.26 bits per heavy atom. The van der Waals surface area contributed by atoms with Crippen LogP contribution in [0.1, 0.15) is 11.3 Å². The van der Waals surface area contributed by atoms with Gasteiger partial charge in [-0.2, -0.15) is 4.57 Å². The maximum atomic E-state index is 12.0. The minimum atomic E-state index is -0.0381. The van der Waals surface area contributed by atoms with Crippen LogP contribution in [0.3, 0.4) is 0 Å². The molecule has 0 aliphatic carbocycles. The molecule has 19 heavy (non-hydrogen) atoms. The van der Waals surface area contributed by atoms with Crippen LogP contribution in [-0.4, -0.2) is 5.91 Å². The van der Waals surface area contributed by atoms with Gasteiger partial charge >= 0.3 is 0 Å². The van der Waals surface area contributed by atoms with E-state index < -0.39 is 0 Å². The van der Waals surface area contributed by atoms with Crippen molar-refractivity contribution in [3.63, 3.8) is 0 Å². The van der Waals surface area contributed by atoms with E-state index in [-0.39, 0.29) is 5.91 Å². The zero-order valence-electron chi connectivity index (χ0n) is 11.0. The summed E-state index contributed by atoms with van der Waals surface area (Å²) in [6.07, 6.45) is 1.90. The van der Waals surface area contributed by atoms with Crippen LogP contribution in [0.5, 0.6) is 0 Å². The zero-order valence-corrected chi connectivity index (χ0v) is 12.6. The van der Waals surface area contributed by atoms with Crippen molar-refractivity contribution < 1.29 is 9.36 Å². The summed E-state index contributed by atoms with van der Waals surface area (Å²) in [5.74, 6) is -0.0381. The van der Waals surface area contributed by atoms with Gasteiger partial charge in [0.25, 0.3) is 5.91 Å². The van der Waals surface area contributed by atoms with Crippen molar-refractivity contribution in [2.45, 2.75) is 20.4 Å². The standard InChI is InChI=1S/C15H15BrN2O/c1-11-6-7-14(13(16)9-11)17-15(19)10-18-8-4-3-5-12(18)2/h3-9H,10H2,1-2H3/p+1. The molecule has 0 saturated heterocycles. The fourth-order valence-corrected chi connectivity index (χ4v) is 2.40. The number of carbonyl (C=O) groups excluding carboxylic acids is 1. The summed E-state index contributed by atoms with van der Waals surface area (Å²) in [7, 11) is 0. The molecule has 0 bridgehead atoms. The van der Waals surface area contributed by atoms with Crippen LogP contribution < -0.4 is 9.88 Å². The third-order valence-corrected chi connectivity index (χ3v) is 3.54. The van der Waals surface area contributed by atoms with Gasteiger partial charge < -0.3 is 5.32 Å². The highest BCUT2D eigenvalue weighted by Crippen LogP contribution is 2.23. The van der Waals surface area contributed by atoms with Crippen LogP contribution in [0.15, 0.2) is 47.1 Å². The summed E-state index contributed by atoms with van der Waals surface area (Å²) in [6, 6.07) is 11.7. The average molecular weight is 320 g/mol. The van der Waals surface area contributed by atoms with Crippen molar-refractivity contribution in [3.05, 3.63) is 58.3 Å². The molecule has 1 aromatic carbocycles. The minimum absolute atomic E-state index is 0.0381. The van der Waals surface area contributed by atoms with Crippen molar-refractivity contribution in [1.82, 2.24) is 0 Å². The van der Waals surface area contributed by atoms with Crippen molar-refractivity contribution >= 4 is 27.5 Å². The van der Waals surface area contributed by atoms with Gasteiger partial charge in [0.2, 0.25) is 6.54 Å². The summed E-state index contributed by atoms with van der Waals surface area (Å²) >= 11 is 3.45. The maximum absolute atomic E-state index is 12.0. The first-order valence-corrected chi connectivity index (χ1v) is 6.86. The number of nitrogens with zero attached hydrogens (tertiary/aromatic N) is 1. The van der Waals surface area contributed by atoms with Crippen LogP contribution in [0.2, 0.25) is 0 Å². The number of carbonyl (C=O) groups is 1. The predicted molar refractivity (Wildman–Crippen MR) is 78.9 cm³/mol. The van der Waals surface area contributed by atoms with E-state index in [9.17, 15) is 4.79 Å². The van der Waals surface area contributed by atoms with Gasteiger partial charge in [-0.15, -0.1) is 0 Å². The van der Waals surface area contributed by atoms with E-state index in [1.54, 1.807) is 0 Å². The monoisotopic (exact) mass is 319 g/mol. The van der Waals surface area contributed by atoms with Crippen LogP contribution >= 0.6 is 15.9 Å². The molecule has 2 rings (SSSR count). The lowest BCUT2D eigenvalue weighted by atomic mass is 10.2. The second-order valence-electron chi connectivity index (χ2n) is 4.50. The summed E-state index contributed by atoms with van der Waals surface area (Å²) in [5.41, 5.74) is 3.00. The van der Waals surface area contributed by atoms with E-state index in [1.807, 2.05) is 61.0 Å². The summed E-state index contributed by atoms with van der Waals surface area (Å²) in [5, 5.41) is 2.91. The van der Waals surface area contributed by atoms with Crippen molar-refractivity contribution in [2.24, 2.45) is 0 Å². The van der Waals surface area contributed by atoms with Crippen molar-refractivity contribution in [3.8, 4) is 0 Å². The maximum Gasteiger partial charge on any atom is 0.290 e. The topological polar surface area (TPSA) is 33.0 Å². The second kappa shape index (κ2) is 5.97.